The van der Waals surface area contributed by atoms with E-state index in [0.717, 1.165) is 43.8 Å². The van der Waals surface area contributed by atoms with Crippen LogP contribution in [0, 0.1) is 0 Å². The van der Waals surface area contributed by atoms with Gasteiger partial charge in [0, 0.05) is 44.3 Å². The molecule has 0 amide bonds. The summed E-state index contributed by atoms with van der Waals surface area (Å²) in [5, 5.41) is 6.84. The van der Waals surface area contributed by atoms with E-state index in [1.165, 1.54) is 18.5 Å². The Morgan fingerprint density at radius 2 is 2.17 bits per heavy atom. The second kappa shape index (κ2) is 5.55. The molecule has 0 bridgehead atoms. The van der Waals surface area contributed by atoms with Gasteiger partial charge >= 0.3 is 0 Å². The van der Waals surface area contributed by atoms with Gasteiger partial charge in [-0.2, -0.15) is 0 Å². The quantitative estimate of drug-likeness (QED) is 0.885. The third-order valence-corrected chi connectivity index (χ3v) is 4.71. The summed E-state index contributed by atoms with van der Waals surface area (Å²) in [5.74, 6) is 0. The fourth-order valence-corrected chi connectivity index (χ4v) is 3.17. The lowest BCUT2D eigenvalue weighted by atomic mass is 10.1. The van der Waals surface area contributed by atoms with Gasteiger partial charge < -0.3 is 15.0 Å². The second-order valence-corrected chi connectivity index (χ2v) is 6.07. The molecule has 0 aromatic carbocycles. The van der Waals surface area contributed by atoms with E-state index in [4.69, 9.17) is 9.72 Å². The Morgan fingerprint density at radius 1 is 1.39 bits per heavy atom. The molecular weight excluding hydrogens is 246 g/mol. The molecule has 100 valence electrons. The first-order valence-corrected chi connectivity index (χ1v) is 7.69. The summed E-state index contributed by atoms with van der Waals surface area (Å²) in [5.41, 5.74) is 1.18. The van der Waals surface area contributed by atoms with Crippen molar-refractivity contribution < 1.29 is 4.74 Å². The Labute approximate surface area is 112 Å². The molecule has 2 aliphatic rings. The van der Waals surface area contributed by atoms with Crippen LogP contribution in [-0.4, -0.2) is 37.3 Å². The Kier molecular flexibility index (Phi) is 3.82. The number of hydrogen-bond acceptors (Lipinski definition) is 5. The van der Waals surface area contributed by atoms with Crippen LogP contribution >= 0.6 is 11.3 Å². The molecule has 1 saturated carbocycles. The van der Waals surface area contributed by atoms with Crippen LogP contribution in [0.25, 0.3) is 0 Å². The van der Waals surface area contributed by atoms with E-state index in [1.54, 1.807) is 11.3 Å². The van der Waals surface area contributed by atoms with Gasteiger partial charge in [0.05, 0.1) is 5.69 Å². The summed E-state index contributed by atoms with van der Waals surface area (Å²) < 4.78 is 5.41. The van der Waals surface area contributed by atoms with Gasteiger partial charge in [0.15, 0.2) is 5.13 Å². The van der Waals surface area contributed by atoms with Crippen molar-refractivity contribution in [1.29, 1.82) is 0 Å². The summed E-state index contributed by atoms with van der Waals surface area (Å²) in [6.45, 7) is 2.69. The van der Waals surface area contributed by atoms with Crippen LogP contribution in [0.15, 0.2) is 5.38 Å². The van der Waals surface area contributed by atoms with Crippen LogP contribution in [-0.2, 0) is 11.3 Å². The van der Waals surface area contributed by atoms with E-state index in [-0.39, 0.29) is 0 Å². The number of aromatic nitrogens is 1. The molecule has 1 N–H and O–H groups in total. The third kappa shape index (κ3) is 3.02. The number of hydrogen-bond donors (Lipinski definition) is 1. The topological polar surface area (TPSA) is 37.4 Å². The lowest BCUT2D eigenvalue weighted by Gasteiger charge is -2.30. The van der Waals surface area contributed by atoms with E-state index in [1.807, 2.05) is 0 Å². The van der Waals surface area contributed by atoms with Crippen molar-refractivity contribution in [3.8, 4) is 0 Å². The summed E-state index contributed by atoms with van der Waals surface area (Å²) in [7, 11) is 2.16. The van der Waals surface area contributed by atoms with Crippen molar-refractivity contribution in [2.24, 2.45) is 0 Å². The first-order chi connectivity index (χ1) is 8.83. The summed E-state index contributed by atoms with van der Waals surface area (Å²) >= 11 is 1.76. The average Bonchev–Trinajstić information content (AvgIpc) is 3.14. The molecule has 1 aliphatic heterocycles. The molecular formula is C13H21N3OS. The Balaban J connectivity index is 1.56. The molecule has 18 heavy (non-hydrogen) atoms. The van der Waals surface area contributed by atoms with E-state index < -0.39 is 0 Å². The van der Waals surface area contributed by atoms with Gasteiger partial charge in [-0.05, 0) is 25.7 Å². The largest absolute Gasteiger partial charge is 0.381 e. The Morgan fingerprint density at radius 3 is 2.89 bits per heavy atom. The molecule has 1 aromatic rings. The maximum absolute atomic E-state index is 5.41. The zero-order chi connectivity index (χ0) is 12.4. The molecule has 5 heteroatoms. The molecule has 1 aliphatic carbocycles. The molecule has 0 radical (unpaired) electrons. The van der Waals surface area contributed by atoms with Crippen molar-refractivity contribution >= 4 is 16.5 Å². The van der Waals surface area contributed by atoms with Crippen molar-refractivity contribution in [3.63, 3.8) is 0 Å². The van der Waals surface area contributed by atoms with Crippen molar-refractivity contribution in [3.05, 3.63) is 11.1 Å². The molecule has 3 rings (SSSR count). The highest BCUT2D eigenvalue weighted by atomic mass is 32.1. The first-order valence-electron chi connectivity index (χ1n) is 6.81. The van der Waals surface area contributed by atoms with Gasteiger partial charge in [-0.3, -0.25) is 0 Å². The lowest BCUT2D eigenvalue weighted by Crippen LogP contribution is -2.36. The van der Waals surface area contributed by atoms with Crippen LogP contribution in [0.4, 0.5) is 5.13 Å². The van der Waals surface area contributed by atoms with Crippen molar-refractivity contribution in [2.75, 3.05) is 25.2 Å². The van der Waals surface area contributed by atoms with Gasteiger partial charge in [0.1, 0.15) is 0 Å². The molecule has 2 heterocycles. The van der Waals surface area contributed by atoms with Gasteiger partial charge in [0.25, 0.3) is 0 Å². The molecule has 0 atom stereocenters. The van der Waals surface area contributed by atoms with E-state index in [9.17, 15) is 0 Å². The SMILES string of the molecule is CN(c1nc(CNC2CC2)cs1)C1CCOCC1. The van der Waals surface area contributed by atoms with Gasteiger partial charge in [0.2, 0.25) is 0 Å². The van der Waals surface area contributed by atoms with Crippen LogP contribution in [0.1, 0.15) is 31.4 Å². The highest BCUT2D eigenvalue weighted by molar-refractivity contribution is 7.13. The molecule has 0 spiro atoms. The number of ether oxygens (including phenoxy) is 1. The first kappa shape index (κ1) is 12.4. The molecule has 1 aromatic heterocycles. The van der Waals surface area contributed by atoms with Crippen LogP contribution in [0.3, 0.4) is 0 Å². The third-order valence-electron chi connectivity index (χ3n) is 3.73. The van der Waals surface area contributed by atoms with E-state index in [2.05, 4.69) is 22.6 Å². The normalized spacial score (nSPS) is 21.2. The van der Waals surface area contributed by atoms with Gasteiger partial charge in [-0.1, -0.05) is 0 Å². The smallest absolute Gasteiger partial charge is 0.185 e. The fraction of sp³-hybridized carbons (Fsp3) is 0.769. The Hall–Kier alpha value is -0.650. The fourth-order valence-electron chi connectivity index (χ4n) is 2.30. The molecule has 1 saturated heterocycles. The van der Waals surface area contributed by atoms with Crippen LogP contribution in [0.2, 0.25) is 0 Å². The maximum atomic E-state index is 5.41. The maximum Gasteiger partial charge on any atom is 0.185 e. The average molecular weight is 267 g/mol. The Bertz CT molecular complexity index is 385. The zero-order valence-electron chi connectivity index (χ0n) is 10.9. The number of nitrogens with one attached hydrogen (secondary N) is 1. The van der Waals surface area contributed by atoms with Crippen LogP contribution < -0.4 is 10.2 Å². The summed E-state index contributed by atoms with van der Waals surface area (Å²) in [6.07, 6.45) is 4.90. The number of thiazole rings is 1. The summed E-state index contributed by atoms with van der Waals surface area (Å²) in [6, 6.07) is 1.34. The molecule has 4 nitrogen and oxygen atoms in total. The molecule has 0 unspecified atom stereocenters. The van der Waals surface area contributed by atoms with Crippen molar-refractivity contribution in [1.82, 2.24) is 10.3 Å². The predicted octanol–water partition coefficient (Wildman–Crippen LogP) is 2.01. The monoisotopic (exact) mass is 267 g/mol. The van der Waals surface area contributed by atoms with E-state index in [0.29, 0.717) is 6.04 Å². The predicted molar refractivity (Wildman–Crippen MR) is 74.2 cm³/mol. The van der Waals surface area contributed by atoms with Crippen LogP contribution in [0.5, 0.6) is 0 Å². The highest BCUT2D eigenvalue weighted by Gasteiger charge is 2.22. The number of nitrogens with zero attached hydrogens (tertiary/aromatic N) is 2. The van der Waals surface area contributed by atoms with E-state index >= 15 is 0 Å². The zero-order valence-corrected chi connectivity index (χ0v) is 11.7. The van der Waals surface area contributed by atoms with Gasteiger partial charge in [-0.15, -0.1) is 11.3 Å². The van der Waals surface area contributed by atoms with Gasteiger partial charge in [-0.25, -0.2) is 4.98 Å². The summed E-state index contributed by atoms with van der Waals surface area (Å²) in [4.78, 5) is 7.05. The molecule has 2 fully saturated rings. The second-order valence-electron chi connectivity index (χ2n) is 5.23. The number of rotatable bonds is 5. The minimum Gasteiger partial charge on any atom is -0.381 e. The minimum atomic E-state index is 0.592. The minimum absolute atomic E-state index is 0.592. The standard InChI is InChI=1S/C13H21N3OS/c1-16(12-4-6-17-7-5-12)13-15-11(9-18-13)8-14-10-2-3-10/h9-10,12,14H,2-8H2,1H3. The lowest BCUT2D eigenvalue weighted by molar-refractivity contribution is 0.0855. The number of anilines is 1. The van der Waals surface area contributed by atoms with Crippen molar-refractivity contribution in [2.45, 2.75) is 44.3 Å². The highest BCUT2D eigenvalue weighted by Crippen LogP contribution is 2.25.